The van der Waals surface area contributed by atoms with Crippen LogP contribution in [0, 0.1) is 23.5 Å². The number of fused-ring (bicyclic) bond motifs is 8. The average molecular weight is 497 g/mol. The maximum absolute atomic E-state index is 14.1. The maximum Gasteiger partial charge on any atom is 0.412 e. The third kappa shape index (κ3) is 3.48. The van der Waals surface area contributed by atoms with Gasteiger partial charge in [0.25, 0.3) is 5.91 Å². The van der Waals surface area contributed by atoms with Crippen molar-refractivity contribution in [3.8, 4) is 0 Å². The van der Waals surface area contributed by atoms with Crippen LogP contribution in [-0.4, -0.2) is 57.8 Å². The summed E-state index contributed by atoms with van der Waals surface area (Å²) in [6, 6.07) is -1.13. The summed E-state index contributed by atoms with van der Waals surface area (Å²) < 4.78 is 74.4. The van der Waals surface area contributed by atoms with Gasteiger partial charge in [0.2, 0.25) is 5.91 Å². The average Bonchev–Trinajstić information content (AvgIpc) is 3.52. The van der Waals surface area contributed by atoms with E-state index in [9.17, 15) is 36.6 Å². The molecular weight excluding hydrogens is 477 g/mol. The Balaban J connectivity index is 1.25. The highest BCUT2D eigenvalue weighted by Crippen LogP contribution is 2.58. The number of alkyl halides is 3. The van der Waals surface area contributed by atoms with E-state index in [1.807, 2.05) is 0 Å². The van der Waals surface area contributed by atoms with Crippen molar-refractivity contribution in [2.45, 2.75) is 49.9 Å². The first-order valence-electron chi connectivity index (χ1n) is 11.2. The second kappa shape index (κ2) is 7.42. The lowest BCUT2D eigenvalue weighted by Crippen LogP contribution is -2.62. The highest BCUT2D eigenvalue weighted by atomic mass is 19.4. The molecule has 35 heavy (non-hydrogen) atoms. The van der Waals surface area contributed by atoms with Gasteiger partial charge in [0.1, 0.15) is 23.1 Å². The first-order chi connectivity index (χ1) is 16.5. The van der Waals surface area contributed by atoms with Gasteiger partial charge in [-0.25, -0.2) is 8.78 Å². The number of ether oxygens (including phenoxy) is 1. The van der Waals surface area contributed by atoms with Gasteiger partial charge in [-0.15, -0.1) is 0 Å². The van der Waals surface area contributed by atoms with Crippen molar-refractivity contribution >= 4 is 11.8 Å². The third-order valence-electron chi connectivity index (χ3n) is 7.52. The summed E-state index contributed by atoms with van der Waals surface area (Å²) in [4.78, 5) is 29.0. The number of benzene rings is 1. The first-order valence-corrected chi connectivity index (χ1v) is 11.2. The summed E-state index contributed by atoms with van der Waals surface area (Å²) in [7, 11) is 0. The number of carbonyl (C=O) groups excluding carboxylic acids is 2. The molecule has 3 aliphatic heterocycles. The molecule has 2 amide bonds. The summed E-state index contributed by atoms with van der Waals surface area (Å²) >= 11 is 0. The Morgan fingerprint density at radius 2 is 1.97 bits per heavy atom. The largest absolute Gasteiger partial charge is 0.510 e. The molecule has 6 atom stereocenters. The zero-order valence-electron chi connectivity index (χ0n) is 18.1. The number of piperazine rings is 1. The van der Waals surface area contributed by atoms with E-state index in [0.29, 0.717) is 30.0 Å². The molecule has 2 aliphatic carbocycles. The fourth-order valence-electron chi connectivity index (χ4n) is 5.91. The number of aliphatic hydroxyl groups is 1. The van der Waals surface area contributed by atoms with Crippen LogP contribution in [-0.2, 0) is 14.3 Å². The second-order valence-electron chi connectivity index (χ2n) is 9.60. The van der Waals surface area contributed by atoms with Gasteiger partial charge in [-0.05, 0) is 30.7 Å². The summed E-state index contributed by atoms with van der Waals surface area (Å²) in [5, 5.41) is 12.4. The number of nitrogens with one attached hydrogen (secondary N) is 1. The van der Waals surface area contributed by atoms with Crippen molar-refractivity contribution in [1.82, 2.24) is 15.1 Å². The fraction of sp³-hybridized carbons (Fsp3) is 0.478. The monoisotopic (exact) mass is 497 g/mol. The molecule has 1 aromatic rings. The minimum Gasteiger partial charge on any atom is -0.510 e. The molecule has 2 bridgehead atoms. The molecule has 0 radical (unpaired) electrons. The highest BCUT2D eigenvalue weighted by Gasteiger charge is 2.63. The second-order valence-corrected chi connectivity index (χ2v) is 9.60. The molecule has 2 unspecified atom stereocenters. The summed E-state index contributed by atoms with van der Waals surface area (Å²) in [5.41, 5.74) is -1.22. The van der Waals surface area contributed by atoms with Gasteiger partial charge in [0.05, 0.1) is 12.6 Å². The van der Waals surface area contributed by atoms with E-state index < -0.39 is 59.6 Å². The summed E-state index contributed by atoms with van der Waals surface area (Å²) in [6.45, 7) is 0.115. The lowest BCUT2D eigenvalue weighted by Gasteiger charge is -2.49. The quantitative estimate of drug-likeness (QED) is 0.628. The van der Waals surface area contributed by atoms with Crippen LogP contribution >= 0.6 is 0 Å². The molecule has 0 spiro atoms. The third-order valence-corrected chi connectivity index (χ3v) is 7.52. The smallest absolute Gasteiger partial charge is 0.412 e. The van der Waals surface area contributed by atoms with Gasteiger partial charge in [0.15, 0.2) is 12.3 Å². The van der Waals surface area contributed by atoms with E-state index in [-0.39, 0.29) is 30.0 Å². The van der Waals surface area contributed by atoms with E-state index >= 15 is 0 Å². The zero-order chi connectivity index (χ0) is 24.8. The molecular formula is C23H20F5N3O4. The van der Waals surface area contributed by atoms with Crippen molar-refractivity contribution in [3.63, 3.8) is 0 Å². The van der Waals surface area contributed by atoms with Crippen molar-refractivity contribution in [2.24, 2.45) is 11.8 Å². The zero-order valence-corrected chi connectivity index (χ0v) is 18.1. The van der Waals surface area contributed by atoms with Crippen LogP contribution in [0.2, 0.25) is 0 Å². The Kier molecular flexibility index (Phi) is 4.73. The minimum absolute atomic E-state index is 0.0269. The van der Waals surface area contributed by atoms with Gasteiger partial charge in [-0.2, -0.15) is 13.2 Å². The summed E-state index contributed by atoms with van der Waals surface area (Å²) in [5.74, 6) is -3.80. The molecule has 1 aromatic carbocycles. The molecule has 0 aromatic heterocycles. The molecule has 6 rings (SSSR count). The number of amides is 2. The van der Waals surface area contributed by atoms with E-state index in [4.69, 9.17) is 4.74 Å². The Hall–Kier alpha value is -3.15. The van der Waals surface area contributed by atoms with Crippen molar-refractivity contribution in [3.05, 3.63) is 58.6 Å². The van der Waals surface area contributed by atoms with Gasteiger partial charge in [-0.1, -0.05) is 6.07 Å². The van der Waals surface area contributed by atoms with Crippen LogP contribution in [0.4, 0.5) is 22.0 Å². The Labute approximate surface area is 195 Å². The van der Waals surface area contributed by atoms with Crippen LogP contribution in [0.15, 0.2) is 41.4 Å². The molecule has 5 aliphatic rings. The lowest BCUT2D eigenvalue weighted by molar-refractivity contribution is -0.183. The Bertz CT molecular complexity index is 1200. The number of allylic oxidation sites excluding steroid dienone is 1. The molecule has 3 heterocycles. The number of hydrogen-bond acceptors (Lipinski definition) is 5. The number of hydrogen-bond donors (Lipinski definition) is 2. The molecule has 2 saturated carbocycles. The van der Waals surface area contributed by atoms with Crippen LogP contribution in [0.1, 0.15) is 30.9 Å². The molecule has 12 heteroatoms. The minimum atomic E-state index is -5.08. The van der Waals surface area contributed by atoms with Crippen LogP contribution < -0.4 is 5.32 Å². The number of halogens is 5. The molecule has 7 nitrogen and oxygen atoms in total. The molecule has 186 valence electrons. The predicted molar refractivity (Wildman–Crippen MR) is 108 cm³/mol. The Morgan fingerprint density at radius 3 is 2.69 bits per heavy atom. The van der Waals surface area contributed by atoms with E-state index in [1.165, 1.54) is 11.1 Å². The Morgan fingerprint density at radius 1 is 1.20 bits per heavy atom. The number of rotatable bonds is 3. The van der Waals surface area contributed by atoms with Crippen molar-refractivity contribution < 1.29 is 41.4 Å². The molecule has 4 fully saturated rings. The predicted octanol–water partition coefficient (Wildman–Crippen LogP) is 3.02. The van der Waals surface area contributed by atoms with Crippen molar-refractivity contribution in [2.75, 3.05) is 6.54 Å². The maximum atomic E-state index is 14.1. The van der Waals surface area contributed by atoms with Gasteiger partial charge in [-0.3, -0.25) is 9.59 Å². The van der Waals surface area contributed by atoms with E-state index in [2.05, 4.69) is 0 Å². The van der Waals surface area contributed by atoms with E-state index in [0.717, 1.165) is 12.8 Å². The fourth-order valence-corrected chi connectivity index (χ4v) is 5.91. The SMILES string of the molecule is O=C(N[C@@H](c1ccc(F)cc1F)C(F)(F)F)C1=CN2C[C@@H]3OC4CC([C@H]5C[C@@H]45)N3C(=O)C2=C(O)C1. The normalized spacial score (nSPS) is 32.0. The van der Waals surface area contributed by atoms with Crippen LogP contribution in [0.5, 0.6) is 0 Å². The highest BCUT2D eigenvalue weighted by molar-refractivity contribution is 5.98. The van der Waals surface area contributed by atoms with Gasteiger partial charge >= 0.3 is 6.18 Å². The van der Waals surface area contributed by atoms with Crippen LogP contribution in [0.3, 0.4) is 0 Å². The van der Waals surface area contributed by atoms with E-state index in [1.54, 1.807) is 10.2 Å². The number of carbonyl (C=O) groups is 2. The number of aliphatic hydroxyl groups excluding tert-OH is 1. The summed E-state index contributed by atoms with van der Waals surface area (Å²) in [6.07, 6.45) is -3.14. The molecule has 2 saturated heterocycles. The van der Waals surface area contributed by atoms with Gasteiger partial charge < -0.3 is 25.0 Å². The lowest BCUT2D eigenvalue weighted by atomic mass is 9.98. The molecule has 2 N–H and O–H groups in total. The first kappa shape index (κ1) is 22.3. The topological polar surface area (TPSA) is 82.1 Å². The van der Waals surface area contributed by atoms with Gasteiger partial charge in [0, 0.05) is 35.9 Å². The van der Waals surface area contributed by atoms with Crippen LogP contribution in [0.25, 0.3) is 0 Å². The van der Waals surface area contributed by atoms with Crippen molar-refractivity contribution in [1.29, 1.82) is 0 Å². The number of nitrogens with zero attached hydrogens (tertiary/aromatic N) is 2. The standard InChI is InChI=1S/C23H20F5N3O4/c24-10-1-2-11(14(25)4-10)20(23(26,27)28)29-21(33)9-3-16(32)19-22(34)31-15-6-17(13-5-12(13)15)35-18(31)8-30(19)7-9/h1-2,4,7,12-13,15,17-18,20,32H,3,5-6,8H2,(H,29,33)/t12-,13+,15?,17?,18-,20-/m0/s1.